The third kappa shape index (κ3) is 4.06. The van der Waals surface area contributed by atoms with Gasteiger partial charge in [0.1, 0.15) is 0 Å². The number of hydrogen-bond donors (Lipinski definition) is 0. The van der Waals surface area contributed by atoms with E-state index in [1.807, 2.05) is 26.0 Å². The Bertz CT molecular complexity index is 525. The summed E-state index contributed by atoms with van der Waals surface area (Å²) in [5.41, 5.74) is 2.55. The van der Waals surface area contributed by atoms with E-state index in [0.717, 1.165) is 11.1 Å². The summed E-state index contributed by atoms with van der Waals surface area (Å²) in [5.74, 6) is -1.41. The third-order valence-corrected chi connectivity index (χ3v) is 4.02. The van der Waals surface area contributed by atoms with Gasteiger partial charge in [0.15, 0.2) is 5.78 Å². The number of halogens is 3. The second-order valence-corrected chi connectivity index (χ2v) is 5.86. The average molecular weight is 299 g/mol. The molecule has 0 aromatic heterocycles. The normalized spacial score (nSPS) is 20.5. The van der Waals surface area contributed by atoms with Gasteiger partial charge in [0.2, 0.25) is 0 Å². The van der Waals surface area contributed by atoms with Gasteiger partial charge in [-0.2, -0.15) is 13.2 Å². The molecule has 1 aliphatic heterocycles. The third-order valence-electron chi connectivity index (χ3n) is 4.02. The van der Waals surface area contributed by atoms with Crippen LogP contribution in [-0.4, -0.2) is 36.5 Å². The molecule has 1 saturated heterocycles. The number of nitrogens with zero attached hydrogens (tertiary/aromatic N) is 1. The molecule has 0 aliphatic carbocycles. The van der Waals surface area contributed by atoms with Crippen molar-refractivity contribution in [1.82, 2.24) is 4.90 Å². The summed E-state index contributed by atoms with van der Waals surface area (Å²) in [6.07, 6.45) is -3.51. The molecule has 0 N–H and O–H groups in total. The van der Waals surface area contributed by atoms with Crippen LogP contribution in [0.4, 0.5) is 13.2 Å². The van der Waals surface area contributed by atoms with Gasteiger partial charge in [-0.15, -0.1) is 0 Å². The molecule has 1 atom stereocenters. The van der Waals surface area contributed by atoms with Gasteiger partial charge in [0, 0.05) is 12.1 Å². The molecular weight excluding hydrogens is 279 g/mol. The summed E-state index contributed by atoms with van der Waals surface area (Å²) in [5, 5.41) is 0. The average Bonchev–Trinajstić information content (AvgIpc) is 2.37. The van der Waals surface area contributed by atoms with Gasteiger partial charge in [0.25, 0.3) is 0 Å². The number of carbonyl (C=O) groups is 1. The Morgan fingerprint density at radius 2 is 2.05 bits per heavy atom. The van der Waals surface area contributed by atoms with E-state index in [9.17, 15) is 18.0 Å². The SMILES string of the molecule is Cc1ccc(C(=O)CN2CCCC(C(F)(F)F)C2)c(C)c1. The van der Waals surface area contributed by atoms with Gasteiger partial charge in [-0.05, 0) is 38.8 Å². The lowest BCUT2D eigenvalue weighted by atomic mass is 9.96. The highest BCUT2D eigenvalue weighted by Crippen LogP contribution is 2.33. The van der Waals surface area contributed by atoms with E-state index in [-0.39, 0.29) is 25.3 Å². The second kappa shape index (κ2) is 6.18. The van der Waals surface area contributed by atoms with Crippen molar-refractivity contribution in [1.29, 1.82) is 0 Å². The van der Waals surface area contributed by atoms with Crippen LogP contribution >= 0.6 is 0 Å². The van der Waals surface area contributed by atoms with Crippen molar-refractivity contribution in [3.8, 4) is 0 Å². The van der Waals surface area contributed by atoms with Gasteiger partial charge in [-0.25, -0.2) is 0 Å². The van der Waals surface area contributed by atoms with E-state index < -0.39 is 12.1 Å². The van der Waals surface area contributed by atoms with Crippen molar-refractivity contribution in [2.75, 3.05) is 19.6 Å². The zero-order valence-corrected chi connectivity index (χ0v) is 12.3. The number of rotatable bonds is 3. The minimum atomic E-state index is -4.17. The Morgan fingerprint density at radius 3 is 2.67 bits per heavy atom. The number of likely N-dealkylation sites (tertiary alicyclic amines) is 1. The lowest BCUT2D eigenvalue weighted by molar-refractivity contribution is -0.186. The van der Waals surface area contributed by atoms with Crippen molar-refractivity contribution >= 4 is 5.78 Å². The van der Waals surface area contributed by atoms with E-state index >= 15 is 0 Å². The molecule has 0 amide bonds. The van der Waals surface area contributed by atoms with Crippen LogP contribution in [0.3, 0.4) is 0 Å². The lowest BCUT2D eigenvalue weighted by Gasteiger charge is -2.33. The fraction of sp³-hybridized carbons (Fsp3) is 0.562. The molecule has 2 nitrogen and oxygen atoms in total. The molecule has 5 heteroatoms. The Balaban J connectivity index is 2.02. The Hall–Kier alpha value is -1.36. The van der Waals surface area contributed by atoms with Crippen molar-refractivity contribution in [2.24, 2.45) is 5.92 Å². The van der Waals surface area contributed by atoms with Crippen LogP contribution in [0.25, 0.3) is 0 Å². The molecule has 21 heavy (non-hydrogen) atoms. The summed E-state index contributed by atoms with van der Waals surface area (Å²) in [6.45, 7) is 4.36. The molecule has 1 aromatic rings. The number of carbonyl (C=O) groups excluding carboxylic acids is 1. The molecule has 1 unspecified atom stereocenters. The number of hydrogen-bond acceptors (Lipinski definition) is 2. The predicted octanol–water partition coefficient (Wildman–Crippen LogP) is 3.76. The monoisotopic (exact) mass is 299 g/mol. The van der Waals surface area contributed by atoms with Crippen molar-refractivity contribution in [3.05, 3.63) is 34.9 Å². The van der Waals surface area contributed by atoms with Crippen LogP contribution in [0.5, 0.6) is 0 Å². The minimum Gasteiger partial charge on any atom is -0.295 e. The van der Waals surface area contributed by atoms with E-state index in [4.69, 9.17) is 0 Å². The van der Waals surface area contributed by atoms with Crippen molar-refractivity contribution < 1.29 is 18.0 Å². The van der Waals surface area contributed by atoms with Gasteiger partial charge >= 0.3 is 6.18 Å². The first kappa shape index (κ1) is 16.0. The summed E-state index contributed by atoms with van der Waals surface area (Å²) in [6, 6.07) is 5.54. The first-order valence-electron chi connectivity index (χ1n) is 7.17. The standard InChI is InChI=1S/C16H20F3NO/c1-11-5-6-14(12(2)8-11)15(21)10-20-7-3-4-13(9-20)16(17,18)19/h5-6,8,13H,3-4,7,9-10H2,1-2H3. The highest BCUT2D eigenvalue weighted by molar-refractivity contribution is 5.99. The number of ketones is 1. The quantitative estimate of drug-likeness (QED) is 0.792. The first-order valence-corrected chi connectivity index (χ1v) is 7.17. The van der Waals surface area contributed by atoms with E-state index in [0.29, 0.717) is 18.5 Å². The van der Waals surface area contributed by atoms with E-state index in [1.165, 1.54) is 0 Å². The number of Topliss-reactive ketones (excluding diaryl/α,β-unsaturated/α-hetero) is 1. The smallest absolute Gasteiger partial charge is 0.295 e. The zero-order valence-electron chi connectivity index (χ0n) is 12.3. The molecule has 1 aliphatic rings. The fourth-order valence-corrected chi connectivity index (χ4v) is 2.88. The van der Waals surface area contributed by atoms with Crippen LogP contribution in [0.15, 0.2) is 18.2 Å². The van der Waals surface area contributed by atoms with Gasteiger partial charge in [-0.1, -0.05) is 23.8 Å². The van der Waals surface area contributed by atoms with Gasteiger partial charge in [-0.3, -0.25) is 9.69 Å². The van der Waals surface area contributed by atoms with Crippen LogP contribution in [0.1, 0.15) is 34.3 Å². The number of benzene rings is 1. The lowest BCUT2D eigenvalue weighted by Crippen LogP contribution is -2.43. The van der Waals surface area contributed by atoms with E-state index in [1.54, 1.807) is 11.0 Å². The molecule has 0 saturated carbocycles. The zero-order chi connectivity index (χ0) is 15.6. The Morgan fingerprint density at radius 1 is 1.33 bits per heavy atom. The molecule has 1 aromatic carbocycles. The van der Waals surface area contributed by atoms with Crippen LogP contribution in [-0.2, 0) is 0 Å². The van der Waals surface area contributed by atoms with Gasteiger partial charge < -0.3 is 0 Å². The number of alkyl halides is 3. The Labute approximate surface area is 122 Å². The second-order valence-electron chi connectivity index (χ2n) is 5.86. The summed E-state index contributed by atoms with van der Waals surface area (Å²) < 4.78 is 38.3. The molecule has 1 heterocycles. The number of piperidine rings is 1. The minimum absolute atomic E-state index is 0.0660. The highest BCUT2D eigenvalue weighted by Gasteiger charge is 2.41. The van der Waals surface area contributed by atoms with Crippen LogP contribution < -0.4 is 0 Å². The molecular formula is C16H20F3NO. The maximum absolute atomic E-state index is 12.8. The molecule has 1 fully saturated rings. The summed E-state index contributed by atoms with van der Waals surface area (Å²) in [7, 11) is 0. The Kier molecular flexibility index (Phi) is 4.71. The van der Waals surface area contributed by atoms with Gasteiger partial charge in [0.05, 0.1) is 12.5 Å². The topological polar surface area (TPSA) is 20.3 Å². The molecule has 116 valence electrons. The van der Waals surface area contributed by atoms with Crippen LogP contribution in [0.2, 0.25) is 0 Å². The first-order chi connectivity index (χ1) is 9.77. The van der Waals surface area contributed by atoms with E-state index in [2.05, 4.69) is 0 Å². The number of aryl methyl sites for hydroxylation is 2. The largest absolute Gasteiger partial charge is 0.393 e. The predicted molar refractivity (Wildman–Crippen MR) is 75.5 cm³/mol. The highest BCUT2D eigenvalue weighted by atomic mass is 19.4. The summed E-state index contributed by atoms with van der Waals surface area (Å²) in [4.78, 5) is 13.9. The molecule has 2 rings (SSSR count). The maximum atomic E-state index is 12.8. The molecule has 0 radical (unpaired) electrons. The summed E-state index contributed by atoms with van der Waals surface area (Å²) >= 11 is 0. The molecule has 0 spiro atoms. The maximum Gasteiger partial charge on any atom is 0.393 e. The fourth-order valence-electron chi connectivity index (χ4n) is 2.88. The molecule has 0 bridgehead atoms. The van der Waals surface area contributed by atoms with Crippen molar-refractivity contribution in [2.45, 2.75) is 32.9 Å². The van der Waals surface area contributed by atoms with Crippen molar-refractivity contribution in [3.63, 3.8) is 0 Å². The van der Waals surface area contributed by atoms with Crippen LogP contribution in [0, 0.1) is 19.8 Å².